The summed E-state index contributed by atoms with van der Waals surface area (Å²) in [6, 6.07) is 2.04. The summed E-state index contributed by atoms with van der Waals surface area (Å²) in [5.74, 6) is 1.62. The van der Waals surface area contributed by atoms with E-state index >= 15 is 0 Å². The molecule has 0 aliphatic rings. The first-order chi connectivity index (χ1) is 7.44. The third-order valence-electron chi connectivity index (χ3n) is 2.57. The molecule has 2 nitrogen and oxygen atoms in total. The highest BCUT2D eigenvalue weighted by atomic mass is 79.9. The zero-order valence-corrected chi connectivity index (χ0v) is 12.3. The van der Waals surface area contributed by atoms with Crippen molar-refractivity contribution in [3.05, 3.63) is 22.3 Å². The van der Waals surface area contributed by atoms with Gasteiger partial charge in [0.25, 0.3) is 0 Å². The van der Waals surface area contributed by atoms with E-state index in [9.17, 15) is 0 Å². The molecule has 0 unspecified atom stereocenters. The highest BCUT2D eigenvalue weighted by Gasteiger charge is 2.16. The predicted molar refractivity (Wildman–Crippen MR) is 74.3 cm³/mol. The van der Waals surface area contributed by atoms with Crippen molar-refractivity contribution in [2.45, 2.75) is 27.2 Å². The number of alkyl halides is 1. The molecule has 0 aliphatic heterocycles. The Morgan fingerprint density at radius 2 is 2.19 bits per heavy atom. The summed E-state index contributed by atoms with van der Waals surface area (Å²) < 4.78 is 1.04. The number of halogens is 2. The first-order valence-corrected chi connectivity index (χ1v) is 6.69. The van der Waals surface area contributed by atoms with Crippen LogP contribution >= 0.6 is 27.5 Å². The van der Waals surface area contributed by atoms with Gasteiger partial charge in [0.05, 0.1) is 0 Å². The van der Waals surface area contributed by atoms with E-state index in [2.05, 4.69) is 47.0 Å². The second-order valence-electron chi connectivity index (χ2n) is 4.78. The average molecular weight is 306 g/mol. The zero-order valence-electron chi connectivity index (χ0n) is 9.98. The molecule has 1 heterocycles. The Bertz CT molecular complexity index is 353. The lowest BCUT2D eigenvalue weighted by Crippen LogP contribution is -2.23. The van der Waals surface area contributed by atoms with Gasteiger partial charge >= 0.3 is 0 Å². The lowest BCUT2D eigenvalue weighted by atomic mass is 9.90. The number of aromatic nitrogens is 1. The fourth-order valence-electron chi connectivity index (χ4n) is 1.31. The first-order valence-electron chi connectivity index (χ1n) is 5.36. The van der Waals surface area contributed by atoms with E-state index in [-0.39, 0.29) is 5.41 Å². The highest BCUT2D eigenvalue weighted by molar-refractivity contribution is 9.10. The van der Waals surface area contributed by atoms with Crippen LogP contribution in [0.25, 0.3) is 0 Å². The Kier molecular flexibility index (Phi) is 5.06. The molecule has 0 saturated heterocycles. The van der Waals surface area contributed by atoms with Crippen LogP contribution < -0.4 is 5.32 Å². The van der Waals surface area contributed by atoms with Gasteiger partial charge in [0.1, 0.15) is 5.82 Å². The molecule has 1 aromatic heterocycles. The lowest BCUT2D eigenvalue weighted by Gasteiger charge is -2.24. The smallest absolute Gasteiger partial charge is 0.126 e. The summed E-state index contributed by atoms with van der Waals surface area (Å²) in [6.45, 7) is 7.34. The zero-order chi connectivity index (χ0) is 12.2. The van der Waals surface area contributed by atoms with Crippen LogP contribution in [0.5, 0.6) is 0 Å². The molecular weight excluding hydrogens is 288 g/mol. The van der Waals surface area contributed by atoms with Gasteiger partial charge < -0.3 is 5.32 Å². The maximum atomic E-state index is 5.76. The van der Waals surface area contributed by atoms with E-state index in [0.29, 0.717) is 5.88 Å². The summed E-state index contributed by atoms with van der Waals surface area (Å²) in [5.41, 5.74) is 1.39. The fraction of sp³-hybridized carbons (Fsp3) is 0.583. The molecule has 1 aromatic rings. The molecule has 0 atom stereocenters. The molecule has 0 amide bonds. The quantitative estimate of drug-likeness (QED) is 0.824. The number of hydrogen-bond acceptors (Lipinski definition) is 2. The Morgan fingerprint density at radius 1 is 1.50 bits per heavy atom. The molecule has 0 spiro atoms. The van der Waals surface area contributed by atoms with Crippen molar-refractivity contribution in [2.75, 3.05) is 17.7 Å². The van der Waals surface area contributed by atoms with E-state index in [1.807, 2.05) is 12.3 Å². The molecule has 1 N–H and O–H groups in total. The molecule has 4 heteroatoms. The SMILES string of the molecule is Cc1cc(NCC(C)(C)CCCl)ncc1Br. The van der Waals surface area contributed by atoms with Gasteiger partial charge in [0.2, 0.25) is 0 Å². The van der Waals surface area contributed by atoms with Gasteiger partial charge in [-0.05, 0) is 46.3 Å². The van der Waals surface area contributed by atoms with Gasteiger partial charge in [-0.25, -0.2) is 4.98 Å². The third kappa shape index (κ3) is 4.30. The fourth-order valence-corrected chi connectivity index (χ4v) is 2.04. The molecule has 1 rings (SSSR count). The maximum Gasteiger partial charge on any atom is 0.126 e. The van der Waals surface area contributed by atoms with E-state index in [4.69, 9.17) is 11.6 Å². The second kappa shape index (κ2) is 5.87. The molecule has 0 aromatic carbocycles. The van der Waals surface area contributed by atoms with Crippen molar-refractivity contribution in [3.8, 4) is 0 Å². The molecule has 16 heavy (non-hydrogen) atoms. The number of aryl methyl sites for hydroxylation is 1. The molecule has 0 saturated carbocycles. The van der Waals surface area contributed by atoms with Crippen LogP contribution in [0.2, 0.25) is 0 Å². The van der Waals surface area contributed by atoms with Crippen LogP contribution in [0.15, 0.2) is 16.7 Å². The molecular formula is C12H18BrClN2. The Hall–Kier alpha value is -0.280. The normalized spacial score (nSPS) is 11.6. The maximum absolute atomic E-state index is 5.76. The van der Waals surface area contributed by atoms with Gasteiger partial charge in [0, 0.05) is 23.1 Å². The molecule has 0 radical (unpaired) electrons. The summed E-state index contributed by atoms with van der Waals surface area (Å²) in [5, 5.41) is 3.35. The minimum atomic E-state index is 0.199. The van der Waals surface area contributed by atoms with E-state index < -0.39 is 0 Å². The van der Waals surface area contributed by atoms with E-state index in [1.165, 1.54) is 5.56 Å². The molecule has 0 fully saturated rings. The van der Waals surface area contributed by atoms with Gasteiger partial charge in [-0.2, -0.15) is 0 Å². The monoisotopic (exact) mass is 304 g/mol. The largest absolute Gasteiger partial charge is 0.370 e. The predicted octanol–water partition coefficient (Wildman–Crippen LogP) is 4.22. The van der Waals surface area contributed by atoms with E-state index in [1.54, 1.807) is 0 Å². The van der Waals surface area contributed by atoms with Crippen molar-refractivity contribution in [3.63, 3.8) is 0 Å². The van der Waals surface area contributed by atoms with Crippen LogP contribution in [0.4, 0.5) is 5.82 Å². The summed E-state index contributed by atoms with van der Waals surface area (Å²) in [7, 11) is 0. The minimum Gasteiger partial charge on any atom is -0.370 e. The summed E-state index contributed by atoms with van der Waals surface area (Å²) in [6.07, 6.45) is 2.82. The van der Waals surface area contributed by atoms with Crippen molar-refractivity contribution in [2.24, 2.45) is 5.41 Å². The number of nitrogens with zero attached hydrogens (tertiary/aromatic N) is 1. The number of anilines is 1. The summed E-state index contributed by atoms with van der Waals surface area (Å²) >= 11 is 9.20. The lowest BCUT2D eigenvalue weighted by molar-refractivity contribution is 0.379. The van der Waals surface area contributed by atoms with Crippen molar-refractivity contribution in [1.29, 1.82) is 0 Å². The standard InChI is InChI=1S/C12H18BrClN2/c1-9-6-11(15-7-10(9)13)16-8-12(2,3)4-5-14/h6-7H,4-5,8H2,1-3H3,(H,15,16). The minimum absolute atomic E-state index is 0.199. The van der Waals surface area contributed by atoms with Gasteiger partial charge in [0.15, 0.2) is 0 Å². The van der Waals surface area contributed by atoms with Crippen LogP contribution in [0, 0.1) is 12.3 Å². The third-order valence-corrected chi connectivity index (χ3v) is 3.59. The Balaban J connectivity index is 2.57. The molecule has 0 aliphatic carbocycles. The van der Waals surface area contributed by atoms with Crippen molar-refractivity contribution < 1.29 is 0 Å². The Labute approximate surface area is 111 Å². The first kappa shape index (κ1) is 13.8. The molecule has 0 bridgehead atoms. The van der Waals surface area contributed by atoms with Crippen LogP contribution in [-0.2, 0) is 0 Å². The van der Waals surface area contributed by atoms with Gasteiger partial charge in [-0.3, -0.25) is 0 Å². The van der Waals surface area contributed by atoms with Gasteiger partial charge in [-0.1, -0.05) is 13.8 Å². The van der Waals surface area contributed by atoms with E-state index in [0.717, 1.165) is 23.3 Å². The number of pyridine rings is 1. The summed E-state index contributed by atoms with van der Waals surface area (Å²) in [4.78, 5) is 4.31. The van der Waals surface area contributed by atoms with Gasteiger partial charge in [-0.15, -0.1) is 11.6 Å². The highest BCUT2D eigenvalue weighted by Crippen LogP contribution is 2.22. The van der Waals surface area contributed by atoms with Crippen molar-refractivity contribution >= 4 is 33.3 Å². The average Bonchev–Trinajstić information content (AvgIpc) is 2.20. The number of hydrogen-bond donors (Lipinski definition) is 1. The Morgan fingerprint density at radius 3 is 2.75 bits per heavy atom. The second-order valence-corrected chi connectivity index (χ2v) is 6.01. The molecule has 90 valence electrons. The van der Waals surface area contributed by atoms with Crippen molar-refractivity contribution in [1.82, 2.24) is 4.98 Å². The number of nitrogens with one attached hydrogen (secondary N) is 1. The van der Waals surface area contributed by atoms with Crippen LogP contribution in [0.1, 0.15) is 25.8 Å². The van der Waals surface area contributed by atoms with Crippen LogP contribution in [-0.4, -0.2) is 17.4 Å². The topological polar surface area (TPSA) is 24.9 Å². The van der Waals surface area contributed by atoms with Crippen LogP contribution in [0.3, 0.4) is 0 Å². The number of rotatable bonds is 5.